The number of halogens is 3. The van der Waals surface area contributed by atoms with Crippen molar-refractivity contribution in [1.82, 2.24) is 4.98 Å². The number of hydrogen-bond acceptors (Lipinski definition) is 3. The second-order valence-corrected chi connectivity index (χ2v) is 4.44. The molecule has 17 heavy (non-hydrogen) atoms. The highest BCUT2D eigenvalue weighted by Gasteiger charge is 2.35. The summed E-state index contributed by atoms with van der Waals surface area (Å²) < 4.78 is 38.1. The average molecular weight is 247 g/mol. The quantitative estimate of drug-likeness (QED) is 0.860. The number of hydrogen-bond donors (Lipinski definition) is 2. The third-order valence-corrected chi connectivity index (χ3v) is 2.34. The monoisotopic (exact) mass is 247 g/mol. The van der Waals surface area contributed by atoms with Crippen LogP contribution in [0.5, 0.6) is 0 Å². The van der Waals surface area contributed by atoms with Gasteiger partial charge in [-0.3, -0.25) is 0 Å². The Hall–Kier alpha value is -1.30. The van der Waals surface area contributed by atoms with Crippen LogP contribution in [0, 0.1) is 0 Å². The van der Waals surface area contributed by atoms with Crippen molar-refractivity contribution in [2.45, 2.75) is 32.0 Å². The van der Waals surface area contributed by atoms with Crippen LogP contribution in [0.3, 0.4) is 0 Å². The van der Waals surface area contributed by atoms with Crippen molar-refractivity contribution in [3.05, 3.63) is 23.9 Å². The Bertz CT molecular complexity index is 374. The summed E-state index contributed by atoms with van der Waals surface area (Å²) in [4.78, 5) is 3.74. The van der Waals surface area contributed by atoms with Gasteiger partial charge in [0.1, 0.15) is 5.82 Å². The van der Waals surface area contributed by atoms with Gasteiger partial charge in [0.15, 0.2) is 0 Å². The van der Waals surface area contributed by atoms with Gasteiger partial charge >= 0.3 is 6.18 Å². The zero-order chi connectivity index (χ0) is 13.1. The van der Waals surface area contributed by atoms with E-state index in [4.69, 9.17) is 5.73 Å². The van der Waals surface area contributed by atoms with E-state index >= 15 is 0 Å². The van der Waals surface area contributed by atoms with Crippen LogP contribution in [-0.4, -0.2) is 17.1 Å². The molecule has 0 aliphatic rings. The fourth-order valence-corrected chi connectivity index (χ4v) is 1.48. The smallest absolute Gasteiger partial charge is 0.365 e. The molecule has 0 atom stereocenters. The van der Waals surface area contributed by atoms with Crippen LogP contribution < -0.4 is 11.1 Å². The Morgan fingerprint density at radius 1 is 1.35 bits per heavy atom. The molecule has 0 radical (unpaired) electrons. The van der Waals surface area contributed by atoms with E-state index in [1.807, 2.05) is 0 Å². The number of anilines is 1. The first-order valence-electron chi connectivity index (χ1n) is 5.27. The maximum Gasteiger partial charge on any atom is 0.419 e. The summed E-state index contributed by atoms with van der Waals surface area (Å²) in [5.74, 6) is -0.154. The molecule has 6 heteroatoms. The Kier molecular flexibility index (Phi) is 3.98. The van der Waals surface area contributed by atoms with E-state index in [0.717, 1.165) is 6.07 Å². The molecule has 3 nitrogen and oxygen atoms in total. The number of alkyl halides is 3. The second-order valence-electron chi connectivity index (χ2n) is 4.44. The number of nitrogens with two attached hydrogens (primary N) is 1. The molecular formula is C11H16F3N3. The zero-order valence-electron chi connectivity index (χ0n) is 9.80. The summed E-state index contributed by atoms with van der Waals surface area (Å²) in [7, 11) is 0. The number of nitrogens with one attached hydrogen (secondary N) is 1. The van der Waals surface area contributed by atoms with E-state index in [0.29, 0.717) is 13.0 Å². The maximum atomic E-state index is 12.7. The molecule has 0 amide bonds. The number of aromatic nitrogens is 1. The van der Waals surface area contributed by atoms with Gasteiger partial charge in [-0.2, -0.15) is 13.2 Å². The highest BCUT2D eigenvalue weighted by Crippen LogP contribution is 2.34. The van der Waals surface area contributed by atoms with E-state index in [2.05, 4.69) is 10.3 Å². The molecule has 3 N–H and O–H groups in total. The molecular weight excluding hydrogens is 231 g/mol. The molecule has 1 aromatic heterocycles. The highest BCUT2D eigenvalue weighted by molar-refractivity contribution is 5.47. The van der Waals surface area contributed by atoms with Gasteiger partial charge in [-0.1, -0.05) is 0 Å². The molecule has 1 heterocycles. The largest absolute Gasteiger partial charge is 0.419 e. The van der Waals surface area contributed by atoms with Gasteiger partial charge in [-0.15, -0.1) is 0 Å². The number of pyridine rings is 1. The minimum Gasteiger partial charge on any atom is -0.365 e. The minimum absolute atomic E-state index is 0.154. The van der Waals surface area contributed by atoms with Crippen LogP contribution in [0.25, 0.3) is 0 Å². The molecule has 0 aromatic carbocycles. The summed E-state index contributed by atoms with van der Waals surface area (Å²) in [6.45, 7) is 3.97. The van der Waals surface area contributed by atoms with Crippen LogP contribution in [0.15, 0.2) is 18.3 Å². The van der Waals surface area contributed by atoms with Crippen molar-refractivity contribution in [1.29, 1.82) is 0 Å². The van der Waals surface area contributed by atoms with Crippen molar-refractivity contribution in [2.24, 2.45) is 5.73 Å². The Labute approximate surface area is 98.2 Å². The van der Waals surface area contributed by atoms with E-state index in [1.54, 1.807) is 13.8 Å². The predicted molar refractivity (Wildman–Crippen MR) is 60.6 cm³/mol. The van der Waals surface area contributed by atoms with E-state index in [-0.39, 0.29) is 5.82 Å². The molecule has 0 saturated carbocycles. The van der Waals surface area contributed by atoms with Crippen molar-refractivity contribution < 1.29 is 13.2 Å². The van der Waals surface area contributed by atoms with Crippen LogP contribution in [0.2, 0.25) is 0 Å². The van der Waals surface area contributed by atoms with Crippen LogP contribution in [0.4, 0.5) is 19.0 Å². The lowest BCUT2D eigenvalue weighted by molar-refractivity contribution is -0.137. The molecule has 0 aliphatic heterocycles. The van der Waals surface area contributed by atoms with Gasteiger partial charge in [-0.05, 0) is 38.9 Å². The number of nitrogens with zero attached hydrogens (tertiary/aromatic N) is 1. The first kappa shape index (κ1) is 13.8. The van der Waals surface area contributed by atoms with Gasteiger partial charge in [-0.25, -0.2) is 4.98 Å². The lowest BCUT2D eigenvalue weighted by Crippen LogP contribution is -2.34. The fraction of sp³-hybridized carbons (Fsp3) is 0.545. The summed E-state index contributed by atoms with van der Waals surface area (Å²) in [6, 6.07) is 2.28. The third kappa shape index (κ3) is 3.89. The summed E-state index contributed by atoms with van der Waals surface area (Å²) in [6.07, 6.45) is -2.52. The van der Waals surface area contributed by atoms with Gasteiger partial charge in [0.2, 0.25) is 0 Å². The average Bonchev–Trinajstić information content (AvgIpc) is 2.15. The zero-order valence-corrected chi connectivity index (χ0v) is 9.80. The minimum atomic E-state index is -4.41. The normalized spacial score (nSPS) is 12.6. The third-order valence-electron chi connectivity index (χ3n) is 2.34. The molecule has 0 unspecified atom stereocenters. The summed E-state index contributed by atoms with van der Waals surface area (Å²) >= 11 is 0. The first-order chi connectivity index (χ1) is 7.76. The standard InChI is InChI=1S/C11H16F3N3/c1-10(2,5-6-15)17-9-8(11(12,13)14)4-3-7-16-9/h3-4,7H,5-6,15H2,1-2H3,(H,16,17). The molecule has 0 bridgehead atoms. The number of rotatable bonds is 4. The second kappa shape index (κ2) is 4.91. The molecule has 1 rings (SSSR count). The van der Waals surface area contributed by atoms with Crippen LogP contribution in [-0.2, 0) is 6.18 Å². The SMILES string of the molecule is CC(C)(CCN)Nc1ncccc1C(F)(F)F. The maximum absolute atomic E-state index is 12.7. The van der Waals surface area contributed by atoms with Gasteiger partial charge < -0.3 is 11.1 Å². The van der Waals surface area contributed by atoms with Crippen LogP contribution in [0.1, 0.15) is 25.8 Å². The lowest BCUT2D eigenvalue weighted by Gasteiger charge is -2.27. The molecule has 96 valence electrons. The Morgan fingerprint density at radius 3 is 2.53 bits per heavy atom. The van der Waals surface area contributed by atoms with Crippen molar-refractivity contribution in [2.75, 3.05) is 11.9 Å². The van der Waals surface area contributed by atoms with Crippen molar-refractivity contribution in [3.8, 4) is 0 Å². The van der Waals surface area contributed by atoms with Gasteiger partial charge in [0, 0.05) is 11.7 Å². The van der Waals surface area contributed by atoms with E-state index in [1.165, 1.54) is 12.3 Å². The molecule has 0 spiro atoms. The molecule has 0 aliphatic carbocycles. The van der Waals surface area contributed by atoms with Gasteiger partial charge in [0.05, 0.1) is 5.56 Å². The van der Waals surface area contributed by atoms with Crippen molar-refractivity contribution in [3.63, 3.8) is 0 Å². The van der Waals surface area contributed by atoms with Gasteiger partial charge in [0.25, 0.3) is 0 Å². The van der Waals surface area contributed by atoms with E-state index < -0.39 is 17.3 Å². The summed E-state index contributed by atoms with van der Waals surface area (Å²) in [5, 5.41) is 2.78. The molecule has 1 aromatic rings. The van der Waals surface area contributed by atoms with E-state index in [9.17, 15) is 13.2 Å². The lowest BCUT2D eigenvalue weighted by atomic mass is 10.0. The Balaban J connectivity index is 2.99. The topological polar surface area (TPSA) is 50.9 Å². The van der Waals surface area contributed by atoms with Crippen molar-refractivity contribution >= 4 is 5.82 Å². The molecule has 0 fully saturated rings. The van der Waals surface area contributed by atoms with Crippen LogP contribution >= 0.6 is 0 Å². The fourth-order valence-electron chi connectivity index (χ4n) is 1.48. The molecule has 0 saturated heterocycles. The first-order valence-corrected chi connectivity index (χ1v) is 5.27. The predicted octanol–water partition coefficient (Wildman–Crippen LogP) is 2.64. The highest BCUT2D eigenvalue weighted by atomic mass is 19.4. The summed E-state index contributed by atoms with van der Waals surface area (Å²) in [5.41, 5.74) is 4.13. The Morgan fingerprint density at radius 2 is 2.00 bits per heavy atom.